The smallest absolute Gasteiger partial charge is 0.234 e. The molecule has 1 amide bonds. The Labute approximate surface area is 98.6 Å². The van der Waals surface area contributed by atoms with Crippen molar-refractivity contribution < 1.29 is 4.79 Å². The Kier molecular flexibility index (Phi) is 7.57. The summed E-state index contributed by atoms with van der Waals surface area (Å²) in [6, 6.07) is 2.33. The van der Waals surface area contributed by atoms with Crippen molar-refractivity contribution in [2.75, 3.05) is 20.1 Å². The number of likely N-dealkylation sites (N-methyl/N-ethyl adjacent to an activating group) is 1. The summed E-state index contributed by atoms with van der Waals surface area (Å²) in [5, 5.41) is 11.5. The van der Waals surface area contributed by atoms with Crippen LogP contribution in [0.5, 0.6) is 0 Å². The fourth-order valence-electron chi connectivity index (χ4n) is 1.45. The van der Waals surface area contributed by atoms with Crippen LogP contribution in [0.15, 0.2) is 0 Å². The third-order valence-corrected chi connectivity index (χ3v) is 2.52. The highest BCUT2D eigenvalue weighted by molar-refractivity contribution is 5.77. The van der Waals surface area contributed by atoms with Gasteiger partial charge in [0.25, 0.3) is 0 Å². The van der Waals surface area contributed by atoms with E-state index in [4.69, 9.17) is 5.26 Å². The van der Waals surface area contributed by atoms with Crippen LogP contribution in [0.3, 0.4) is 0 Å². The van der Waals surface area contributed by atoms with Crippen molar-refractivity contribution in [1.29, 1.82) is 5.26 Å². The molecule has 0 aromatic rings. The van der Waals surface area contributed by atoms with Crippen molar-refractivity contribution in [3.05, 3.63) is 0 Å². The summed E-state index contributed by atoms with van der Waals surface area (Å²) in [4.78, 5) is 13.5. The van der Waals surface area contributed by atoms with Gasteiger partial charge in [0, 0.05) is 12.6 Å². The fraction of sp³-hybridized carbons (Fsp3) is 0.833. The van der Waals surface area contributed by atoms with Gasteiger partial charge in [0.2, 0.25) is 5.91 Å². The number of nitriles is 1. The van der Waals surface area contributed by atoms with E-state index in [1.165, 1.54) is 0 Å². The van der Waals surface area contributed by atoms with Gasteiger partial charge >= 0.3 is 0 Å². The van der Waals surface area contributed by atoms with Gasteiger partial charge in [0.1, 0.15) is 0 Å². The van der Waals surface area contributed by atoms with Gasteiger partial charge in [0.05, 0.1) is 19.0 Å². The molecule has 0 aliphatic carbocycles. The maximum absolute atomic E-state index is 11.5. The lowest BCUT2D eigenvalue weighted by Crippen LogP contribution is -2.41. The third kappa shape index (κ3) is 6.41. The Morgan fingerprint density at radius 3 is 2.56 bits per heavy atom. The Bertz CT molecular complexity index is 245. The molecule has 0 bridgehead atoms. The van der Waals surface area contributed by atoms with Crippen molar-refractivity contribution >= 4 is 5.91 Å². The van der Waals surface area contributed by atoms with Crippen molar-refractivity contribution in [3.8, 4) is 6.07 Å². The zero-order valence-corrected chi connectivity index (χ0v) is 10.8. The minimum atomic E-state index is 0.0348. The molecular formula is C12H23N3O. The lowest BCUT2D eigenvalue weighted by atomic mass is 10.1. The molecule has 4 heteroatoms. The van der Waals surface area contributed by atoms with Crippen molar-refractivity contribution in [2.45, 2.75) is 39.7 Å². The topological polar surface area (TPSA) is 56.1 Å². The number of hydrogen-bond donors (Lipinski definition) is 1. The maximum Gasteiger partial charge on any atom is 0.234 e. The van der Waals surface area contributed by atoms with Gasteiger partial charge in [-0.2, -0.15) is 5.26 Å². The molecule has 0 aliphatic heterocycles. The summed E-state index contributed by atoms with van der Waals surface area (Å²) < 4.78 is 0. The van der Waals surface area contributed by atoms with Gasteiger partial charge in [-0.15, -0.1) is 0 Å². The molecule has 1 N–H and O–H groups in total. The molecule has 0 heterocycles. The molecule has 0 aliphatic rings. The maximum atomic E-state index is 11.5. The SMILES string of the molecule is CCC(CC#N)N(C)CC(=O)NCC(C)C. The molecule has 92 valence electrons. The molecular weight excluding hydrogens is 202 g/mol. The second kappa shape index (κ2) is 8.12. The molecule has 0 spiro atoms. The summed E-state index contributed by atoms with van der Waals surface area (Å²) >= 11 is 0. The first-order valence-electron chi connectivity index (χ1n) is 5.85. The molecule has 0 aromatic carbocycles. The first kappa shape index (κ1) is 14.9. The molecule has 1 atom stereocenters. The van der Waals surface area contributed by atoms with E-state index in [1.54, 1.807) is 0 Å². The second-order valence-electron chi connectivity index (χ2n) is 4.54. The van der Waals surface area contributed by atoms with Gasteiger partial charge < -0.3 is 5.32 Å². The largest absolute Gasteiger partial charge is 0.355 e. The number of nitrogens with zero attached hydrogens (tertiary/aromatic N) is 2. The number of carbonyl (C=O) groups excluding carboxylic acids is 1. The van der Waals surface area contributed by atoms with Gasteiger partial charge in [-0.1, -0.05) is 20.8 Å². The van der Waals surface area contributed by atoms with Crippen LogP contribution in [-0.2, 0) is 4.79 Å². The Hall–Kier alpha value is -1.08. The number of amides is 1. The average molecular weight is 225 g/mol. The molecule has 0 rings (SSSR count). The lowest BCUT2D eigenvalue weighted by molar-refractivity contribution is -0.122. The minimum Gasteiger partial charge on any atom is -0.355 e. The lowest BCUT2D eigenvalue weighted by Gasteiger charge is -2.24. The highest BCUT2D eigenvalue weighted by Gasteiger charge is 2.15. The van der Waals surface area contributed by atoms with Crippen LogP contribution in [0.2, 0.25) is 0 Å². The predicted molar refractivity (Wildman–Crippen MR) is 64.8 cm³/mol. The normalized spacial score (nSPS) is 12.6. The van der Waals surface area contributed by atoms with Crippen LogP contribution >= 0.6 is 0 Å². The first-order chi connectivity index (χ1) is 7.51. The van der Waals surface area contributed by atoms with E-state index in [9.17, 15) is 4.79 Å². The number of carbonyl (C=O) groups is 1. The highest BCUT2D eigenvalue weighted by Crippen LogP contribution is 2.05. The van der Waals surface area contributed by atoms with E-state index in [2.05, 4.69) is 25.2 Å². The molecule has 4 nitrogen and oxygen atoms in total. The van der Waals surface area contributed by atoms with E-state index in [-0.39, 0.29) is 11.9 Å². The molecule has 0 saturated carbocycles. The van der Waals surface area contributed by atoms with E-state index >= 15 is 0 Å². The average Bonchev–Trinajstić information content (AvgIpc) is 2.22. The second-order valence-corrected chi connectivity index (χ2v) is 4.54. The molecule has 0 saturated heterocycles. The third-order valence-electron chi connectivity index (χ3n) is 2.52. The Morgan fingerprint density at radius 1 is 1.50 bits per heavy atom. The van der Waals surface area contributed by atoms with E-state index in [0.29, 0.717) is 25.4 Å². The van der Waals surface area contributed by atoms with Crippen LogP contribution in [0, 0.1) is 17.2 Å². The van der Waals surface area contributed by atoms with Crippen LogP contribution in [0.1, 0.15) is 33.6 Å². The van der Waals surface area contributed by atoms with Crippen molar-refractivity contribution in [1.82, 2.24) is 10.2 Å². The first-order valence-corrected chi connectivity index (χ1v) is 5.85. The molecule has 16 heavy (non-hydrogen) atoms. The molecule has 1 unspecified atom stereocenters. The standard InChI is InChI=1S/C12H23N3O/c1-5-11(6-7-13)15(4)9-12(16)14-8-10(2)3/h10-11H,5-6,8-9H2,1-4H3,(H,14,16). The summed E-state index contributed by atoms with van der Waals surface area (Å²) in [6.07, 6.45) is 1.37. The van der Waals surface area contributed by atoms with Gasteiger partial charge in [-0.3, -0.25) is 9.69 Å². The fourth-order valence-corrected chi connectivity index (χ4v) is 1.45. The van der Waals surface area contributed by atoms with Crippen LogP contribution < -0.4 is 5.32 Å². The molecule has 0 fully saturated rings. The van der Waals surface area contributed by atoms with E-state index < -0.39 is 0 Å². The van der Waals surface area contributed by atoms with Crippen molar-refractivity contribution in [3.63, 3.8) is 0 Å². The molecule has 0 aromatic heterocycles. The highest BCUT2D eigenvalue weighted by atomic mass is 16.2. The van der Waals surface area contributed by atoms with Crippen molar-refractivity contribution in [2.24, 2.45) is 5.92 Å². The summed E-state index contributed by atoms with van der Waals surface area (Å²) in [5.41, 5.74) is 0. The van der Waals surface area contributed by atoms with Gasteiger partial charge in [-0.05, 0) is 19.4 Å². The van der Waals surface area contributed by atoms with Gasteiger partial charge in [-0.25, -0.2) is 0 Å². The predicted octanol–water partition coefficient (Wildman–Crippen LogP) is 1.38. The Balaban J connectivity index is 3.97. The summed E-state index contributed by atoms with van der Waals surface area (Å²) in [7, 11) is 1.89. The molecule has 0 radical (unpaired) electrons. The van der Waals surface area contributed by atoms with Gasteiger partial charge in [0.15, 0.2) is 0 Å². The monoisotopic (exact) mass is 225 g/mol. The van der Waals surface area contributed by atoms with Crippen LogP contribution in [0.4, 0.5) is 0 Å². The van der Waals surface area contributed by atoms with E-state index in [0.717, 1.165) is 6.42 Å². The summed E-state index contributed by atoms with van der Waals surface area (Å²) in [5.74, 6) is 0.503. The quantitative estimate of drug-likeness (QED) is 0.712. The number of hydrogen-bond acceptors (Lipinski definition) is 3. The zero-order chi connectivity index (χ0) is 12.6. The minimum absolute atomic E-state index is 0.0348. The summed E-state index contributed by atoms with van der Waals surface area (Å²) in [6.45, 7) is 7.24. The zero-order valence-electron chi connectivity index (χ0n) is 10.8. The van der Waals surface area contributed by atoms with E-state index in [1.807, 2.05) is 18.9 Å². The number of nitrogens with one attached hydrogen (secondary N) is 1. The Morgan fingerprint density at radius 2 is 2.12 bits per heavy atom. The van der Waals surface area contributed by atoms with Crippen LogP contribution in [-0.4, -0.2) is 37.0 Å². The number of rotatable bonds is 7. The van der Waals surface area contributed by atoms with Crippen LogP contribution in [0.25, 0.3) is 0 Å².